The smallest absolute Gasteiger partial charge is 0.227 e. The molecular weight excluding hydrogens is 217 g/mol. The molecule has 0 aromatic rings. The standard InChI is InChI=1S/C8H5F3N2.ClH/c9-8(10,11)7-12-5-3-1-2-4-6(5)13-7;/h1-3H,4H2;1H. The van der Waals surface area contributed by atoms with E-state index in [1.54, 1.807) is 12.2 Å². The molecule has 0 radical (unpaired) electrons. The van der Waals surface area contributed by atoms with E-state index in [9.17, 15) is 13.2 Å². The Hall–Kier alpha value is -1.10. The van der Waals surface area contributed by atoms with E-state index in [2.05, 4.69) is 9.98 Å². The molecule has 1 aliphatic carbocycles. The van der Waals surface area contributed by atoms with Crippen molar-refractivity contribution in [3.63, 3.8) is 0 Å². The third kappa shape index (κ3) is 1.87. The van der Waals surface area contributed by atoms with Gasteiger partial charge in [-0.25, -0.2) is 9.98 Å². The number of aliphatic imine (C=N–C) groups is 2. The van der Waals surface area contributed by atoms with Gasteiger partial charge in [0.2, 0.25) is 5.84 Å². The number of allylic oxidation sites excluding steroid dienone is 4. The van der Waals surface area contributed by atoms with E-state index < -0.39 is 12.0 Å². The normalized spacial score (nSPS) is 19.2. The van der Waals surface area contributed by atoms with Crippen LogP contribution in [0.15, 0.2) is 33.9 Å². The lowest BCUT2D eigenvalue weighted by atomic mass is 10.1. The van der Waals surface area contributed by atoms with Crippen LogP contribution in [0.5, 0.6) is 0 Å². The predicted octanol–water partition coefficient (Wildman–Crippen LogP) is 2.67. The van der Waals surface area contributed by atoms with E-state index in [0.29, 0.717) is 17.8 Å². The topological polar surface area (TPSA) is 24.7 Å². The van der Waals surface area contributed by atoms with Crippen molar-refractivity contribution in [2.75, 3.05) is 0 Å². The van der Waals surface area contributed by atoms with Gasteiger partial charge in [0, 0.05) is 6.42 Å². The molecule has 0 aromatic carbocycles. The molecule has 0 saturated carbocycles. The number of halogens is 4. The van der Waals surface area contributed by atoms with E-state index in [1.807, 2.05) is 0 Å². The second kappa shape index (κ2) is 3.57. The van der Waals surface area contributed by atoms with Gasteiger partial charge in [-0.1, -0.05) is 12.2 Å². The minimum Gasteiger partial charge on any atom is -0.227 e. The van der Waals surface area contributed by atoms with Crippen LogP contribution in [-0.2, 0) is 0 Å². The molecule has 0 aromatic heterocycles. The number of rotatable bonds is 0. The molecule has 76 valence electrons. The van der Waals surface area contributed by atoms with Gasteiger partial charge in [-0.05, 0) is 6.08 Å². The minimum absolute atomic E-state index is 0. The van der Waals surface area contributed by atoms with Crippen molar-refractivity contribution in [2.24, 2.45) is 9.98 Å². The molecule has 0 spiro atoms. The van der Waals surface area contributed by atoms with Gasteiger partial charge in [0.25, 0.3) is 0 Å². The molecule has 1 heterocycles. The molecule has 0 atom stereocenters. The highest BCUT2D eigenvalue weighted by atomic mass is 35.5. The lowest BCUT2D eigenvalue weighted by Crippen LogP contribution is -2.19. The summed E-state index contributed by atoms with van der Waals surface area (Å²) in [6.45, 7) is 0. The lowest BCUT2D eigenvalue weighted by molar-refractivity contribution is -0.0594. The lowest BCUT2D eigenvalue weighted by Gasteiger charge is -2.00. The van der Waals surface area contributed by atoms with Gasteiger partial charge in [0.1, 0.15) is 0 Å². The summed E-state index contributed by atoms with van der Waals surface area (Å²) in [4.78, 5) is 6.78. The third-order valence-electron chi connectivity index (χ3n) is 1.72. The molecule has 0 fully saturated rings. The van der Waals surface area contributed by atoms with Crippen molar-refractivity contribution >= 4 is 24.0 Å². The average molecular weight is 223 g/mol. The van der Waals surface area contributed by atoms with Crippen LogP contribution in [-0.4, -0.2) is 17.7 Å². The summed E-state index contributed by atoms with van der Waals surface area (Å²) in [6, 6.07) is 0. The number of alkyl halides is 3. The van der Waals surface area contributed by atoms with Gasteiger partial charge >= 0.3 is 6.18 Å². The molecule has 2 nitrogen and oxygen atoms in total. The first-order chi connectivity index (χ1) is 6.07. The largest absolute Gasteiger partial charge is 0.451 e. The van der Waals surface area contributed by atoms with E-state index in [0.717, 1.165) is 0 Å². The second-order valence-corrected chi connectivity index (χ2v) is 2.68. The average Bonchev–Trinajstić information content (AvgIpc) is 2.45. The van der Waals surface area contributed by atoms with Crippen molar-refractivity contribution in [1.29, 1.82) is 0 Å². The fourth-order valence-corrected chi connectivity index (χ4v) is 1.14. The highest BCUT2D eigenvalue weighted by Gasteiger charge is 2.39. The monoisotopic (exact) mass is 222 g/mol. The molecule has 2 aliphatic rings. The third-order valence-corrected chi connectivity index (χ3v) is 1.72. The molecule has 0 unspecified atom stereocenters. The van der Waals surface area contributed by atoms with Crippen molar-refractivity contribution in [3.05, 3.63) is 23.9 Å². The zero-order valence-electron chi connectivity index (χ0n) is 6.88. The SMILES string of the molecule is Cl.FC(F)(F)C1=NC2=CC=CCC2=N1. The van der Waals surface area contributed by atoms with Gasteiger partial charge in [0.15, 0.2) is 0 Å². The Labute approximate surface area is 84.3 Å². The maximum atomic E-state index is 12.1. The number of amidine groups is 1. The van der Waals surface area contributed by atoms with Crippen LogP contribution < -0.4 is 0 Å². The quantitative estimate of drug-likeness (QED) is 0.602. The van der Waals surface area contributed by atoms with Gasteiger partial charge < -0.3 is 0 Å². The Bertz CT molecular complexity index is 363. The van der Waals surface area contributed by atoms with Crippen LogP contribution in [0.25, 0.3) is 0 Å². The number of fused-ring (bicyclic) bond motifs is 1. The summed E-state index contributed by atoms with van der Waals surface area (Å²) < 4.78 is 36.3. The fourth-order valence-electron chi connectivity index (χ4n) is 1.14. The van der Waals surface area contributed by atoms with Gasteiger partial charge in [-0.15, -0.1) is 12.4 Å². The van der Waals surface area contributed by atoms with Crippen LogP contribution in [0.2, 0.25) is 0 Å². The minimum atomic E-state index is -4.44. The van der Waals surface area contributed by atoms with Gasteiger partial charge in [-0.3, -0.25) is 0 Å². The molecule has 14 heavy (non-hydrogen) atoms. The molecule has 0 bridgehead atoms. The second-order valence-electron chi connectivity index (χ2n) is 2.68. The number of hydrogen-bond acceptors (Lipinski definition) is 2. The first-order valence-electron chi connectivity index (χ1n) is 3.68. The van der Waals surface area contributed by atoms with Gasteiger partial charge in [-0.2, -0.15) is 13.2 Å². The highest BCUT2D eigenvalue weighted by Crippen LogP contribution is 2.26. The summed E-state index contributed by atoms with van der Waals surface area (Å²) in [5, 5.41) is 0. The fraction of sp³-hybridized carbons (Fsp3) is 0.250. The van der Waals surface area contributed by atoms with Crippen molar-refractivity contribution in [1.82, 2.24) is 0 Å². The first-order valence-corrected chi connectivity index (χ1v) is 3.68. The van der Waals surface area contributed by atoms with E-state index >= 15 is 0 Å². The number of hydrogen-bond donors (Lipinski definition) is 0. The molecule has 1 aliphatic heterocycles. The Morgan fingerprint density at radius 2 is 1.93 bits per heavy atom. The molecule has 2 rings (SSSR count). The zero-order valence-corrected chi connectivity index (χ0v) is 7.69. The maximum Gasteiger partial charge on any atom is 0.451 e. The molecule has 0 N–H and O–H groups in total. The maximum absolute atomic E-state index is 12.1. The first kappa shape index (κ1) is 11.0. The Balaban J connectivity index is 0.000000980. The predicted molar refractivity (Wildman–Crippen MR) is 50.0 cm³/mol. The van der Waals surface area contributed by atoms with Crippen LogP contribution in [0.1, 0.15) is 6.42 Å². The Morgan fingerprint density at radius 1 is 1.21 bits per heavy atom. The summed E-state index contributed by atoms with van der Waals surface area (Å²) in [7, 11) is 0. The Kier molecular flexibility index (Phi) is 2.80. The van der Waals surface area contributed by atoms with E-state index in [1.165, 1.54) is 6.08 Å². The summed E-state index contributed by atoms with van der Waals surface area (Å²) in [5.41, 5.74) is 0.727. The van der Waals surface area contributed by atoms with Crippen LogP contribution in [0.4, 0.5) is 13.2 Å². The number of nitrogens with zero attached hydrogens (tertiary/aromatic N) is 2. The van der Waals surface area contributed by atoms with Crippen LogP contribution in [0, 0.1) is 0 Å². The summed E-state index contributed by atoms with van der Waals surface area (Å²) in [5.74, 6) is -1.04. The zero-order chi connectivity index (χ0) is 9.47. The van der Waals surface area contributed by atoms with E-state index in [4.69, 9.17) is 0 Å². The molecule has 6 heteroatoms. The van der Waals surface area contributed by atoms with Crippen molar-refractivity contribution in [2.45, 2.75) is 12.6 Å². The van der Waals surface area contributed by atoms with Crippen molar-refractivity contribution < 1.29 is 13.2 Å². The van der Waals surface area contributed by atoms with Crippen LogP contribution in [0.3, 0.4) is 0 Å². The van der Waals surface area contributed by atoms with Gasteiger partial charge in [0.05, 0.1) is 11.4 Å². The molecular formula is C8H6ClF3N2. The summed E-state index contributed by atoms with van der Waals surface area (Å²) >= 11 is 0. The summed E-state index contributed by atoms with van der Waals surface area (Å²) in [6.07, 6.45) is 0.940. The Morgan fingerprint density at radius 3 is 2.50 bits per heavy atom. The van der Waals surface area contributed by atoms with E-state index in [-0.39, 0.29) is 12.4 Å². The molecule has 0 amide bonds. The highest BCUT2D eigenvalue weighted by molar-refractivity contribution is 6.15. The van der Waals surface area contributed by atoms with Crippen molar-refractivity contribution in [3.8, 4) is 0 Å². The molecule has 0 saturated heterocycles. The van der Waals surface area contributed by atoms with Crippen LogP contribution >= 0.6 is 12.4 Å².